The molecule has 1 N–H and O–H groups in total. The van der Waals surface area contributed by atoms with Gasteiger partial charge < -0.3 is 15.0 Å². The van der Waals surface area contributed by atoms with Gasteiger partial charge in [0, 0.05) is 30.8 Å². The maximum atomic E-state index is 12.4. The maximum absolute atomic E-state index is 12.4. The molecule has 0 unspecified atom stereocenters. The van der Waals surface area contributed by atoms with Gasteiger partial charge in [-0.05, 0) is 26.0 Å². The molecule has 0 aromatic carbocycles. The first-order valence-corrected chi connectivity index (χ1v) is 9.35. The number of anilines is 1. The van der Waals surface area contributed by atoms with E-state index in [1.54, 1.807) is 6.92 Å². The summed E-state index contributed by atoms with van der Waals surface area (Å²) in [5.74, 6) is -1.64. The summed E-state index contributed by atoms with van der Waals surface area (Å²) < 4.78 is 5.15. The van der Waals surface area contributed by atoms with Crippen molar-refractivity contribution in [3.8, 4) is 0 Å². The first-order valence-electron chi connectivity index (χ1n) is 8.54. The van der Waals surface area contributed by atoms with Gasteiger partial charge in [0.15, 0.2) is 0 Å². The number of imide groups is 1. The second-order valence-corrected chi connectivity index (χ2v) is 7.44. The number of nitrogens with zero attached hydrogens (tertiary/aromatic N) is 2. The van der Waals surface area contributed by atoms with Crippen LogP contribution in [-0.2, 0) is 32.1 Å². The van der Waals surface area contributed by atoms with Crippen LogP contribution in [0.4, 0.5) is 5.00 Å². The quantitative estimate of drug-likeness (QED) is 0.606. The minimum absolute atomic E-state index is 0.139. The lowest BCUT2D eigenvalue weighted by Crippen LogP contribution is -2.37. The summed E-state index contributed by atoms with van der Waals surface area (Å²) in [4.78, 5) is 52.2. The van der Waals surface area contributed by atoms with Crippen LogP contribution in [0.3, 0.4) is 0 Å². The number of rotatable bonds is 5. The van der Waals surface area contributed by atoms with Gasteiger partial charge in [0.25, 0.3) is 0 Å². The maximum Gasteiger partial charge on any atom is 0.341 e. The molecule has 1 aromatic heterocycles. The fraction of sp³-hybridized carbons (Fsp3) is 0.529. The molecule has 140 valence electrons. The predicted octanol–water partition coefficient (Wildman–Crippen LogP) is 1.00. The molecule has 26 heavy (non-hydrogen) atoms. The first-order chi connectivity index (χ1) is 12.4. The number of fused-ring (bicyclic) bond motifs is 1. The highest BCUT2D eigenvalue weighted by molar-refractivity contribution is 7.17. The molecule has 1 fully saturated rings. The van der Waals surface area contributed by atoms with Gasteiger partial charge in [0.2, 0.25) is 17.7 Å². The summed E-state index contributed by atoms with van der Waals surface area (Å²) in [7, 11) is 2.00. The van der Waals surface area contributed by atoms with E-state index in [0.717, 1.165) is 21.9 Å². The lowest BCUT2D eigenvalue weighted by Gasteiger charge is -2.22. The van der Waals surface area contributed by atoms with Crippen LogP contribution in [-0.4, -0.2) is 60.2 Å². The number of likely N-dealkylation sites (N-methyl/N-ethyl adjacent to an activating group) is 1. The smallest absolute Gasteiger partial charge is 0.341 e. The number of amides is 3. The molecule has 0 bridgehead atoms. The molecule has 0 radical (unpaired) electrons. The van der Waals surface area contributed by atoms with Crippen molar-refractivity contribution in [1.82, 2.24) is 9.80 Å². The lowest BCUT2D eigenvalue weighted by molar-refractivity contribution is -0.141. The van der Waals surface area contributed by atoms with E-state index in [1.165, 1.54) is 11.3 Å². The van der Waals surface area contributed by atoms with Crippen molar-refractivity contribution < 1.29 is 23.9 Å². The topological polar surface area (TPSA) is 96.0 Å². The van der Waals surface area contributed by atoms with Gasteiger partial charge in [-0.3, -0.25) is 19.3 Å². The Morgan fingerprint density at radius 2 is 1.88 bits per heavy atom. The van der Waals surface area contributed by atoms with E-state index >= 15 is 0 Å². The number of hydrogen-bond donors (Lipinski definition) is 1. The van der Waals surface area contributed by atoms with E-state index in [0.29, 0.717) is 23.5 Å². The summed E-state index contributed by atoms with van der Waals surface area (Å²) in [6, 6.07) is 0. The molecule has 0 spiro atoms. The Morgan fingerprint density at radius 3 is 2.54 bits per heavy atom. The number of hydrogen-bond acceptors (Lipinski definition) is 7. The monoisotopic (exact) mass is 379 g/mol. The Bertz CT molecular complexity index is 757. The number of esters is 1. The number of likely N-dealkylation sites (tertiary alicyclic amines) is 1. The van der Waals surface area contributed by atoms with Crippen molar-refractivity contribution in [3.63, 3.8) is 0 Å². The van der Waals surface area contributed by atoms with Gasteiger partial charge in [-0.25, -0.2) is 4.79 Å². The molecule has 3 rings (SSSR count). The third-order valence-corrected chi connectivity index (χ3v) is 5.57. The van der Waals surface area contributed by atoms with Crippen molar-refractivity contribution in [2.75, 3.05) is 32.1 Å². The van der Waals surface area contributed by atoms with Gasteiger partial charge in [-0.1, -0.05) is 0 Å². The van der Waals surface area contributed by atoms with E-state index in [-0.39, 0.29) is 37.8 Å². The van der Waals surface area contributed by atoms with Crippen molar-refractivity contribution in [2.45, 2.75) is 32.7 Å². The summed E-state index contributed by atoms with van der Waals surface area (Å²) in [5.41, 5.74) is 1.31. The molecule has 0 atom stereocenters. The second-order valence-electron chi connectivity index (χ2n) is 6.34. The van der Waals surface area contributed by atoms with Crippen LogP contribution in [0.2, 0.25) is 0 Å². The van der Waals surface area contributed by atoms with Gasteiger partial charge in [-0.2, -0.15) is 0 Å². The van der Waals surface area contributed by atoms with Gasteiger partial charge in [0.1, 0.15) is 11.5 Å². The summed E-state index contributed by atoms with van der Waals surface area (Å²) in [5, 5.41) is 3.13. The summed E-state index contributed by atoms with van der Waals surface area (Å²) >= 11 is 1.34. The number of nitrogens with one attached hydrogen (secondary N) is 1. The normalized spacial score (nSPS) is 17.4. The largest absolute Gasteiger partial charge is 0.462 e. The SMILES string of the molecule is CCOC(=O)c1c(NC(=O)CN2C(=O)CCC2=O)sc2c1CCN(C)C2. The molecule has 9 heteroatoms. The minimum atomic E-state index is -0.494. The fourth-order valence-corrected chi connectivity index (χ4v) is 4.48. The molecule has 3 heterocycles. The molecule has 1 aromatic rings. The van der Waals surface area contributed by atoms with Crippen molar-refractivity contribution in [1.29, 1.82) is 0 Å². The third kappa shape index (κ3) is 3.63. The van der Waals surface area contributed by atoms with E-state index in [9.17, 15) is 19.2 Å². The Labute approximate surface area is 155 Å². The number of thiophene rings is 1. The van der Waals surface area contributed by atoms with Crippen LogP contribution in [0.25, 0.3) is 0 Å². The number of carbonyl (C=O) groups excluding carboxylic acids is 4. The van der Waals surface area contributed by atoms with Crippen LogP contribution in [0.1, 0.15) is 40.6 Å². The van der Waals surface area contributed by atoms with E-state index in [1.807, 2.05) is 7.05 Å². The highest BCUT2D eigenvalue weighted by Gasteiger charge is 2.32. The molecule has 0 aliphatic carbocycles. The van der Waals surface area contributed by atoms with Crippen molar-refractivity contribution in [2.24, 2.45) is 0 Å². The molecule has 3 amide bonds. The highest BCUT2D eigenvalue weighted by Crippen LogP contribution is 2.37. The van der Waals surface area contributed by atoms with Gasteiger partial charge in [0.05, 0.1) is 12.2 Å². The predicted molar refractivity (Wildman–Crippen MR) is 94.9 cm³/mol. The first kappa shape index (κ1) is 18.5. The van der Waals surface area contributed by atoms with Gasteiger partial charge in [-0.15, -0.1) is 11.3 Å². The Kier molecular flexibility index (Phi) is 5.38. The number of ether oxygens (including phenoxy) is 1. The van der Waals surface area contributed by atoms with Crippen molar-refractivity contribution in [3.05, 3.63) is 16.0 Å². The summed E-state index contributed by atoms with van der Waals surface area (Å²) in [6.07, 6.45) is 0.981. The molecule has 1 saturated heterocycles. The van der Waals surface area contributed by atoms with E-state index in [4.69, 9.17) is 4.74 Å². The van der Waals surface area contributed by atoms with E-state index in [2.05, 4.69) is 10.2 Å². The molecule has 0 saturated carbocycles. The standard InChI is InChI=1S/C17H21N3O5S/c1-3-25-17(24)15-10-6-7-19(2)8-11(10)26-16(15)18-12(21)9-20-13(22)4-5-14(20)23/h3-9H2,1-2H3,(H,18,21). The van der Waals surface area contributed by atoms with Crippen LogP contribution in [0.5, 0.6) is 0 Å². The molecule has 2 aliphatic heterocycles. The highest BCUT2D eigenvalue weighted by atomic mass is 32.1. The van der Waals surface area contributed by atoms with Gasteiger partial charge >= 0.3 is 5.97 Å². The molecule has 2 aliphatic rings. The fourth-order valence-electron chi connectivity index (χ4n) is 3.15. The zero-order chi connectivity index (χ0) is 18.8. The van der Waals surface area contributed by atoms with Crippen LogP contribution in [0.15, 0.2) is 0 Å². The van der Waals surface area contributed by atoms with Crippen LogP contribution < -0.4 is 5.32 Å². The second kappa shape index (κ2) is 7.55. The van der Waals surface area contributed by atoms with E-state index < -0.39 is 11.9 Å². The zero-order valence-corrected chi connectivity index (χ0v) is 15.6. The Hall–Kier alpha value is -2.26. The lowest BCUT2D eigenvalue weighted by atomic mass is 10.0. The van der Waals surface area contributed by atoms with Crippen LogP contribution >= 0.6 is 11.3 Å². The minimum Gasteiger partial charge on any atom is -0.462 e. The van der Waals surface area contributed by atoms with Crippen molar-refractivity contribution >= 4 is 40.0 Å². The molecular weight excluding hydrogens is 358 g/mol. The average Bonchev–Trinajstić information content (AvgIpc) is 3.08. The average molecular weight is 379 g/mol. The molecule has 8 nitrogen and oxygen atoms in total. The molecular formula is C17H21N3O5S. The third-order valence-electron chi connectivity index (χ3n) is 4.44. The zero-order valence-electron chi connectivity index (χ0n) is 14.8. The Balaban J connectivity index is 1.82. The summed E-state index contributed by atoms with van der Waals surface area (Å²) in [6.45, 7) is 3.16. The Morgan fingerprint density at radius 1 is 1.19 bits per heavy atom. The number of carbonyl (C=O) groups is 4. The van der Waals surface area contributed by atoms with Crippen LogP contribution in [0, 0.1) is 0 Å².